The molecule has 0 amide bonds. The van der Waals surface area contributed by atoms with Gasteiger partial charge in [0.2, 0.25) is 5.89 Å². The van der Waals surface area contributed by atoms with E-state index >= 15 is 0 Å². The van der Waals surface area contributed by atoms with Gasteiger partial charge in [-0.1, -0.05) is 18.0 Å². The third kappa shape index (κ3) is 3.35. The van der Waals surface area contributed by atoms with Crippen molar-refractivity contribution in [2.24, 2.45) is 5.92 Å². The molecule has 19 heavy (non-hydrogen) atoms. The molecule has 4 heteroatoms. The fraction of sp³-hybridized carbons (Fsp3) is 0.867. The molecule has 1 aliphatic carbocycles. The molecule has 1 aromatic rings. The molecular formula is C15H25N3O. The first-order valence-corrected chi connectivity index (χ1v) is 7.84. The number of rotatable bonds is 4. The van der Waals surface area contributed by atoms with Crippen molar-refractivity contribution >= 4 is 0 Å². The van der Waals surface area contributed by atoms with Crippen LogP contribution in [0.4, 0.5) is 0 Å². The van der Waals surface area contributed by atoms with Gasteiger partial charge in [0.25, 0.3) is 0 Å². The number of hydrogen-bond donors (Lipinski definition) is 0. The van der Waals surface area contributed by atoms with Crippen molar-refractivity contribution in [1.29, 1.82) is 0 Å². The summed E-state index contributed by atoms with van der Waals surface area (Å²) >= 11 is 0. The van der Waals surface area contributed by atoms with E-state index in [1.807, 2.05) is 6.92 Å². The standard InChI is InChI=1S/C15H25N3O/c1-12-16-15(17-19-12)7-6-13-8-10-18(11-9-13)14-4-2-3-5-14/h13-14H,2-11H2,1H3. The van der Waals surface area contributed by atoms with Crippen LogP contribution in [0.25, 0.3) is 0 Å². The zero-order chi connectivity index (χ0) is 13.1. The molecule has 0 N–H and O–H groups in total. The predicted molar refractivity (Wildman–Crippen MR) is 73.9 cm³/mol. The maximum absolute atomic E-state index is 5.02. The number of aromatic nitrogens is 2. The molecule has 1 aromatic heterocycles. The highest BCUT2D eigenvalue weighted by molar-refractivity contribution is 4.86. The van der Waals surface area contributed by atoms with Gasteiger partial charge in [0, 0.05) is 19.4 Å². The van der Waals surface area contributed by atoms with Crippen LogP contribution in [-0.2, 0) is 6.42 Å². The smallest absolute Gasteiger partial charge is 0.223 e. The molecule has 4 nitrogen and oxygen atoms in total. The molecule has 1 saturated carbocycles. The third-order valence-electron chi connectivity index (χ3n) is 4.84. The summed E-state index contributed by atoms with van der Waals surface area (Å²) in [6.45, 7) is 4.47. The second-order valence-corrected chi connectivity index (χ2v) is 6.19. The zero-order valence-electron chi connectivity index (χ0n) is 12.0. The summed E-state index contributed by atoms with van der Waals surface area (Å²) in [6.07, 6.45) is 10.7. The molecule has 0 spiro atoms. The van der Waals surface area contributed by atoms with Gasteiger partial charge in [0.05, 0.1) is 0 Å². The predicted octanol–water partition coefficient (Wildman–Crippen LogP) is 2.97. The first-order valence-electron chi connectivity index (χ1n) is 7.84. The Morgan fingerprint density at radius 3 is 2.53 bits per heavy atom. The molecule has 0 bridgehead atoms. The summed E-state index contributed by atoms with van der Waals surface area (Å²) in [5, 5.41) is 3.98. The molecule has 0 radical (unpaired) electrons. The first kappa shape index (κ1) is 13.1. The van der Waals surface area contributed by atoms with E-state index in [0.717, 1.165) is 24.2 Å². The van der Waals surface area contributed by atoms with Gasteiger partial charge in [-0.3, -0.25) is 0 Å². The summed E-state index contributed by atoms with van der Waals surface area (Å²) in [4.78, 5) is 7.02. The minimum absolute atomic E-state index is 0.686. The molecule has 1 aliphatic heterocycles. The van der Waals surface area contributed by atoms with Crippen molar-refractivity contribution in [2.75, 3.05) is 13.1 Å². The quantitative estimate of drug-likeness (QED) is 0.837. The molecule has 2 heterocycles. The van der Waals surface area contributed by atoms with Crippen LogP contribution in [-0.4, -0.2) is 34.2 Å². The van der Waals surface area contributed by atoms with Crippen LogP contribution in [0, 0.1) is 12.8 Å². The van der Waals surface area contributed by atoms with E-state index in [9.17, 15) is 0 Å². The van der Waals surface area contributed by atoms with Crippen LogP contribution >= 0.6 is 0 Å². The summed E-state index contributed by atoms with van der Waals surface area (Å²) in [6, 6.07) is 0.904. The Labute approximate surface area is 115 Å². The van der Waals surface area contributed by atoms with E-state index in [-0.39, 0.29) is 0 Å². The monoisotopic (exact) mass is 263 g/mol. The summed E-state index contributed by atoms with van der Waals surface area (Å²) in [7, 11) is 0. The Bertz CT molecular complexity index is 390. The van der Waals surface area contributed by atoms with Gasteiger partial charge in [0.1, 0.15) is 0 Å². The van der Waals surface area contributed by atoms with E-state index in [1.165, 1.54) is 58.0 Å². The van der Waals surface area contributed by atoms with E-state index in [1.54, 1.807) is 0 Å². The van der Waals surface area contributed by atoms with Crippen LogP contribution in [0.3, 0.4) is 0 Å². The van der Waals surface area contributed by atoms with Crippen LogP contribution in [0.1, 0.15) is 56.7 Å². The Morgan fingerprint density at radius 2 is 1.89 bits per heavy atom. The molecule has 0 atom stereocenters. The topological polar surface area (TPSA) is 42.2 Å². The second-order valence-electron chi connectivity index (χ2n) is 6.19. The highest BCUT2D eigenvalue weighted by atomic mass is 16.5. The number of likely N-dealkylation sites (tertiary alicyclic amines) is 1. The molecule has 3 rings (SSSR count). The first-order chi connectivity index (χ1) is 9.31. The van der Waals surface area contributed by atoms with Gasteiger partial charge in [-0.15, -0.1) is 0 Å². The molecule has 2 aliphatic rings. The summed E-state index contributed by atoms with van der Waals surface area (Å²) in [5.74, 6) is 2.43. The maximum atomic E-state index is 5.02. The Kier molecular flexibility index (Phi) is 4.16. The second kappa shape index (κ2) is 6.04. The number of nitrogens with zero attached hydrogens (tertiary/aromatic N) is 3. The van der Waals surface area contributed by atoms with Gasteiger partial charge < -0.3 is 9.42 Å². The van der Waals surface area contributed by atoms with E-state index in [0.29, 0.717) is 5.89 Å². The highest BCUT2D eigenvalue weighted by Crippen LogP contribution is 2.29. The molecular weight excluding hydrogens is 238 g/mol. The largest absolute Gasteiger partial charge is 0.340 e. The number of hydrogen-bond acceptors (Lipinski definition) is 4. The van der Waals surface area contributed by atoms with Crippen LogP contribution in [0.15, 0.2) is 4.52 Å². The van der Waals surface area contributed by atoms with Crippen molar-refractivity contribution in [3.8, 4) is 0 Å². The van der Waals surface area contributed by atoms with Crippen LogP contribution < -0.4 is 0 Å². The number of aryl methyl sites for hydroxylation is 2. The Hall–Kier alpha value is -0.900. The lowest BCUT2D eigenvalue weighted by Gasteiger charge is -2.36. The Balaban J connectivity index is 1.40. The lowest BCUT2D eigenvalue weighted by atomic mass is 9.91. The average molecular weight is 263 g/mol. The van der Waals surface area contributed by atoms with Crippen molar-refractivity contribution < 1.29 is 4.52 Å². The number of piperidine rings is 1. The lowest BCUT2D eigenvalue weighted by molar-refractivity contribution is 0.131. The summed E-state index contributed by atoms with van der Waals surface area (Å²) in [5.41, 5.74) is 0. The Morgan fingerprint density at radius 1 is 1.16 bits per heavy atom. The molecule has 1 saturated heterocycles. The zero-order valence-corrected chi connectivity index (χ0v) is 12.0. The van der Waals surface area contributed by atoms with Crippen LogP contribution in [0.2, 0.25) is 0 Å². The highest BCUT2D eigenvalue weighted by Gasteiger charge is 2.26. The third-order valence-corrected chi connectivity index (χ3v) is 4.84. The molecule has 0 unspecified atom stereocenters. The fourth-order valence-corrected chi connectivity index (χ4v) is 3.65. The van der Waals surface area contributed by atoms with Gasteiger partial charge in [-0.2, -0.15) is 4.98 Å². The van der Waals surface area contributed by atoms with Crippen molar-refractivity contribution in [3.05, 3.63) is 11.7 Å². The molecule has 2 fully saturated rings. The fourth-order valence-electron chi connectivity index (χ4n) is 3.65. The SMILES string of the molecule is Cc1nc(CCC2CCN(C3CCCC3)CC2)no1. The average Bonchev–Trinajstić information content (AvgIpc) is 3.08. The minimum Gasteiger partial charge on any atom is -0.340 e. The maximum Gasteiger partial charge on any atom is 0.223 e. The summed E-state index contributed by atoms with van der Waals surface area (Å²) < 4.78 is 5.02. The van der Waals surface area contributed by atoms with E-state index < -0.39 is 0 Å². The van der Waals surface area contributed by atoms with Crippen molar-refractivity contribution in [1.82, 2.24) is 15.0 Å². The van der Waals surface area contributed by atoms with Crippen LogP contribution in [0.5, 0.6) is 0 Å². The van der Waals surface area contributed by atoms with E-state index in [2.05, 4.69) is 15.0 Å². The lowest BCUT2D eigenvalue weighted by Crippen LogP contribution is -2.40. The van der Waals surface area contributed by atoms with Crippen molar-refractivity contribution in [3.63, 3.8) is 0 Å². The van der Waals surface area contributed by atoms with E-state index in [4.69, 9.17) is 4.52 Å². The van der Waals surface area contributed by atoms with Gasteiger partial charge >= 0.3 is 0 Å². The van der Waals surface area contributed by atoms with Gasteiger partial charge in [-0.05, 0) is 51.1 Å². The van der Waals surface area contributed by atoms with Crippen molar-refractivity contribution in [2.45, 2.75) is 64.3 Å². The van der Waals surface area contributed by atoms with Gasteiger partial charge in [0.15, 0.2) is 5.82 Å². The molecule has 106 valence electrons. The minimum atomic E-state index is 0.686. The molecule has 0 aromatic carbocycles. The normalized spacial score (nSPS) is 23.2. The van der Waals surface area contributed by atoms with Gasteiger partial charge in [-0.25, -0.2) is 0 Å².